The summed E-state index contributed by atoms with van der Waals surface area (Å²) in [7, 11) is 0. The van der Waals surface area contributed by atoms with Crippen molar-refractivity contribution in [2.24, 2.45) is 5.73 Å². The Labute approximate surface area is 96.8 Å². The third-order valence-corrected chi connectivity index (χ3v) is 2.72. The minimum atomic E-state index is -0.00509. The Kier molecular flexibility index (Phi) is 3.61. The van der Waals surface area contributed by atoms with Crippen molar-refractivity contribution in [3.63, 3.8) is 0 Å². The smallest absolute Gasteiger partial charge is 0.0725 e. The van der Waals surface area contributed by atoms with Crippen LogP contribution in [0, 0.1) is 11.8 Å². The van der Waals surface area contributed by atoms with Gasteiger partial charge < -0.3 is 10.5 Å². The lowest BCUT2D eigenvalue weighted by molar-refractivity contribution is 0.134. The van der Waals surface area contributed by atoms with Crippen molar-refractivity contribution in [2.45, 2.75) is 39.0 Å². The lowest BCUT2D eigenvalue weighted by Gasteiger charge is -2.00. The maximum atomic E-state index is 5.85. The average molecular weight is 215 g/mol. The van der Waals surface area contributed by atoms with Crippen LogP contribution in [-0.2, 0) is 18.0 Å². The summed E-state index contributed by atoms with van der Waals surface area (Å²) in [6.45, 7) is 3.57. The monoisotopic (exact) mass is 215 g/mol. The normalized spacial score (nSPS) is 15.1. The van der Waals surface area contributed by atoms with E-state index < -0.39 is 0 Å². The number of benzene rings is 1. The molecule has 1 aromatic rings. The summed E-state index contributed by atoms with van der Waals surface area (Å²) in [6.07, 6.45) is 2.04. The molecule has 84 valence electrons. The molecule has 0 amide bonds. The molecule has 0 spiro atoms. The Bertz CT molecular complexity index is 428. The van der Waals surface area contributed by atoms with Gasteiger partial charge in [-0.25, -0.2) is 0 Å². The summed E-state index contributed by atoms with van der Waals surface area (Å²) in [5, 5.41) is 0. The summed E-state index contributed by atoms with van der Waals surface area (Å²) in [4.78, 5) is 0. The lowest BCUT2D eigenvalue weighted by Crippen LogP contribution is -2.16. The van der Waals surface area contributed by atoms with Crippen molar-refractivity contribution >= 4 is 0 Å². The van der Waals surface area contributed by atoms with Crippen LogP contribution in [-0.4, -0.2) is 6.04 Å². The van der Waals surface area contributed by atoms with E-state index in [9.17, 15) is 0 Å². The maximum Gasteiger partial charge on any atom is 0.0725 e. The summed E-state index contributed by atoms with van der Waals surface area (Å²) in [5.74, 6) is 6.21. The van der Waals surface area contributed by atoms with Crippen LogP contribution in [0.5, 0.6) is 0 Å². The quantitative estimate of drug-likeness (QED) is 0.768. The Morgan fingerprint density at radius 2 is 2.19 bits per heavy atom. The van der Waals surface area contributed by atoms with Gasteiger partial charge in [0, 0.05) is 5.56 Å². The zero-order valence-corrected chi connectivity index (χ0v) is 9.62. The first-order valence-electron chi connectivity index (χ1n) is 5.76. The Hall–Kier alpha value is -1.30. The van der Waals surface area contributed by atoms with Crippen molar-refractivity contribution in [1.29, 1.82) is 0 Å². The highest BCUT2D eigenvalue weighted by Crippen LogP contribution is 2.20. The fourth-order valence-electron chi connectivity index (χ4n) is 1.81. The molecule has 0 radical (unpaired) electrons. The minimum absolute atomic E-state index is 0.00509. The van der Waals surface area contributed by atoms with E-state index in [0.29, 0.717) is 6.61 Å². The van der Waals surface area contributed by atoms with Crippen LogP contribution in [0.4, 0.5) is 0 Å². The van der Waals surface area contributed by atoms with Gasteiger partial charge >= 0.3 is 0 Å². The largest absolute Gasteiger partial charge is 0.372 e. The summed E-state index contributed by atoms with van der Waals surface area (Å²) >= 11 is 0. The zero-order chi connectivity index (χ0) is 11.4. The van der Waals surface area contributed by atoms with Crippen LogP contribution in [0.25, 0.3) is 0 Å². The fourth-order valence-corrected chi connectivity index (χ4v) is 1.81. The Balaban J connectivity index is 2.10. The molecule has 1 aliphatic rings. The molecule has 2 heteroatoms. The van der Waals surface area contributed by atoms with Gasteiger partial charge in [0.15, 0.2) is 0 Å². The highest BCUT2D eigenvalue weighted by molar-refractivity contribution is 5.42. The number of ether oxygens (including phenoxy) is 1. The number of rotatable bonds is 2. The molecule has 2 rings (SSSR count). The number of hydrogen-bond acceptors (Lipinski definition) is 2. The molecule has 1 aliphatic heterocycles. The van der Waals surface area contributed by atoms with Crippen molar-refractivity contribution < 1.29 is 4.74 Å². The van der Waals surface area contributed by atoms with Crippen LogP contribution >= 0.6 is 0 Å². The van der Waals surface area contributed by atoms with Gasteiger partial charge in [0.1, 0.15) is 0 Å². The fraction of sp³-hybridized carbons (Fsp3) is 0.429. The Morgan fingerprint density at radius 3 is 3.00 bits per heavy atom. The van der Waals surface area contributed by atoms with Gasteiger partial charge in [-0.15, -0.1) is 0 Å². The molecule has 16 heavy (non-hydrogen) atoms. The molecule has 0 saturated carbocycles. The van der Waals surface area contributed by atoms with Gasteiger partial charge in [-0.05, 0) is 29.7 Å². The van der Waals surface area contributed by atoms with Crippen LogP contribution in [0.1, 0.15) is 36.5 Å². The summed E-state index contributed by atoms with van der Waals surface area (Å²) < 4.78 is 5.36. The first-order chi connectivity index (χ1) is 7.79. The number of fused-ring (bicyclic) bond motifs is 1. The molecule has 2 N–H and O–H groups in total. The van der Waals surface area contributed by atoms with E-state index in [0.717, 1.165) is 25.0 Å². The van der Waals surface area contributed by atoms with E-state index in [4.69, 9.17) is 10.5 Å². The van der Waals surface area contributed by atoms with E-state index in [1.54, 1.807) is 0 Å². The van der Waals surface area contributed by atoms with Crippen molar-refractivity contribution in [3.05, 3.63) is 34.9 Å². The van der Waals surface area contributed by atoms with E-state index in [-0.39, 0.29) is 6.04 Å². The van der Waals surface area contributed by atoms with Crippen molar-refractivity contribution in [3.8, 4) is 11.8 Å². The molecule has 1 aromatic carbocycles. The number of hydrogen-bond donors (Lipinski definition) is 1. The maximum absolute atomic E-state index is 5.85. The van der Waals surface area contributed by atoms with Gasteiger partial charge in [-0.2, -0.15) is 0 Å². The third kappa shape index (κ3) is 2.63. The molecule has 0 aromatic heterocycles. The molecule has 1 atom stereocenters. The molecule has 1 unspecified atom stereocenters. The first-order valence-corrected chi connectivity index (χ1v) is 5.76. The standard InChI is InChI=1S/C14H17NO/c1-2-3-14(15)7-5-11-4-6-12-9-16-10-13(12)8-11/h4,6,8,14H,2-3,9-10,15H2,1H3. The predicted molar refractivity (Wildman–Crippen MR) is 64.7 cm³/mol. The Morgan fingerprint density at radius 1 is 1.38 bits per heavy atom. The molecule has 0 aliphatic carbocycles. The van der Waals surface area contributed by atoms with E-state index in [1.165, 1.54) is 11.1 Å². The van der Waals surface area contributed by atoms with Gasteiger partial charge in [0.2, 0.25) is 0 Å². The molecule has 0 fully saturated rings. The minimum Gasteiger partial charge on any atom is -0.372 e. The van der Waals surface area contributed by atoms with Gasteiger partial charge in [-0.1, -0.05) is 31.3 Å². The predicted octanol–water partition coefficient (Wildman–Crippen LogP) is 2.20. The van der Waals surface area contributed by atoms with Gasteiger partial charge in [0.05, 0.1) is 19.3 Å². The number of nitrogens with two attached hydrogens (primary N) is 1. The molecule has 0 saturated heterocycles. The van der Waals surface area contributed by atoms with Gasteiger partial charge in [0.25, 0.3) is 0 Å². The topological polar surface area (TPSA) is 35.2 Å². The van der Waals surface area contributed by atoms with Gasteiger partial charge in [-0.3, -0.25) is 0 Å². The van der Waals surface area contributed by atoms with E-state index >= 15 is 0 Å². The lowest BCUT2D eigenvalue weighted by atomic mass is 10.1. The second kappa shape index (κ2) is 5.16. The average Bonchev–Trinajstić information content (AvgIpc) is 2.74. The highest BCUT2D eigenvalue weighted by atomic mass is 16.5. The SMILES string of the molecule is CCCC(N)C#Cc1ccc2c(c1)COC2. The van der Waals surface area contributed by atoms with Crippen LogP contribution in [0.15, 0.2) is 18.2 Å². The molecule has 0 bridgehead atoms. The molecular formula is C14H17NO. The summed E-state index contributed by atoms with van der Waals surface area (Å²) in [5.41, 5.74) is 9.43. The van der Waals surface area contributed by atoms with Crippen LogP contribution in [0.3, 0.4) is 0 Å². The van der Waals surface area contributed by atoms with Crippen LogP contribution < -0.4 is 5.73 Å². The molecule has 2 nitrogen and oxygen atoms in total. The van der Waals surface area contributed by atoms with Crippen LogP contribution in [0.2, 0.25) is 0 Å². The van der Waals surface area contributed by atoms with Crippen molar-refractivity contribution in [2.75, 3.05) is 0 Å². The first kappa shape index (κ1) is 11.2. The third-order valence-electron chi connectivity index (χ3n) is 2.72. The second-order valence-electron chi connectivity index (χ2n) is 4.14. The molecular weight excluding hydrogens is 198 g/mol. The van der Waals surface area contributed by atoms with Crippen molar-refractivity contribution in [1.82, 2.24) is 0 Å². The highest BCUT2D eigenvalue weighted by Gasteiger charge is 2.10. The second-order valence-corrected chi connectivity index (χ2v) is 4.14. The zero-order valence-electron chi connectivity index (χ0n) is 9.62. The van der Waals surface area contributed by atoms with E-state index in [1.807, 2.05) is 6.07 Å². The summed E-state index contributed by atoms with van der Waals surface area (Å²) in [6, 6.07) is 6.24. The molecule has 1 heterocycles. The van der Waals surface area contributed by atoms with E-state index in [2.05, 4.69) is 30.9 Å².